The van der Waals surface area contributed by atoms with E-state index < -0.39 is 5.82 Å². The molecule has 2 aromatic rings. The van der Waals surface area contributed by atoms with Crippen molar-refractivity contribution >= 4 is 46.8 Å². The van der Waals surface area contributed by atoms with Crippen molar-refractivity contribution in [3.8, 4) is 0 Å². The number of piperazine rings is 1. The molecule has 2 fully saturated rings. The summed E-state index contributed by atoms with van der Waals surface area (Å²) >= 11 is 13.9. The van der Waals surface area contributed by atoms with Crippen molar-refractivity contribution < 1.29 is 14.0 Å². The van der Waals surface area contributed by atoms with Crippen LogP contribution in [0.25, 0.3) is 0 Å². The lowest BCUT2D eigenvalue weighted by molar-refractivity contribution is -0.130. The Labute approximate surface area is 201 Å². The highest BCUT2D eigenvalue weighted by Gasteiger charge is 2.38. The van der Waals surface area contributed by atoms with Crippen molar-refractivity contribution in [2.45, 2.75) is 17.5 Å². The van der Waals surface area contributed by atoms with Gasteiger partial charge in [0.05, 0.1) is 15.3 Å². The van der Waals surface area contributed by atoms with Crippen LogP contribution in [0.4, 0.5) is 4.39 Å². The third-order valence-corrected chi connectivity index (χ3v) is 8.00. The Morgan fingerprint density at radius 3 is 2.50 bits per heavy atom. The SMILES string of the molecule is CC1SC(c2ccc(Cl)c(Cl)c2)N(CCN2CCN(C(=O)c3cccc(F)c3)CC2)C1=O. The molecule has 32 heavy (non-hydrogen) atoms. The van der Waals surface area contributed by atoms with Crippen LogP contribution in [0, 0.1) is 5.82 Å². The summed E-state index contributed by atoms with van der Waals surface area (Å²) in [5, 5.41) is 0.768. The Morgan fingerprint density at radius 1 is 1.06 bits per heavy atom. The summed E-state index contributed by atoms with van der Waals surface area (Å²) in [6.07, 6.45) is 0. The first-order valence-electron chi connectivity index (χ1n) is 10.5. The summed E-state index contributed by atoms with van der Waals surface area (Å²) in [6.45, 7) is 5.81. The van der Waals surface area contributed by atoms with Crippen molar-refractivity contribution in [1.29, 1.82) is 0 Å². The summed E-state index contributed by atoms with van der Waals surface area (Å²) in [6, 6.07) is 11.3. The van der Waals surface area contributed by atoms with Gasteiger partial charge in [0.25, 0.3) is 5.91 Å². The van der Waals surface area contributed by atoms with Gasteiger partial charge in [0, 0.05) is 44.8 Å². The van der Waals surface area contributed by atoms with Crippen LogP contribution in [-0.4, -0.2) is 71.0 Å². The molecule has 2 unspecified atom stereocenters. The van der Waals surface area contributed by atoms with E-state index in [0.717, 1.165) is 12.1 Å². The van der Waals surface area contributed by atoms with Crippen molar-refractivity contribution in [3.05, 3.63) is 69.5 Å². The lowest BCUT2D eigenvalue weighted by Crippen LogP contribution is -2.50. The lowest BCUT2D eigenvalue weighted by Gasteiger charge is -2.36. The molecular formula is C23H24Cl2FN3O2S. The van der Waals surface area contributed by atoms with Crippen molar-refractivity contribution in [3.63, 3.8) is 0 Å². The van der Waals surface area contributed by atoms with Gasteiger partial charge in [0.15, 0.2) is 0 Å². The van der Waals surface area contributed by atoms with E-state index in [1.165, 1.54) is 12.1 Å². The van der Waals surface area contributed by atoms with Gasteiger partial charge in [-0.25, -0.2) is 4.39 Å². The minimum atomic E-state index is -0.409. The predicted octanol–water partition coefficient (Wildman–Crippen LogP) is 4.55. The first-order valence-corrected chi connectivity index (χ1v) is 12.2. The molecule has 0 aliphatic carbocycles. The second-order valence-corrected chi connectivity index (χ2v) is 10.2. The molecule has 2 atom stereocenters. The highest BCUT2D eigenvalue weighted by atomic mass is 35.5. The van der Waals surface area contributed by atoms with Crippen LogP contribution in [-0.2, 0) is 4.79 Å². The van der Waals surface area contributed by atoms with Gasteiger partial charge in [0.1, 0.15) is 11.2 Å². The van der Waals surface area contributed by atoms with Gasteiger partial charge in [-0.15, -0.1) is 11.8 Å². The molecule has 2 amide bonds. The van der Waals surface area contributed by atoms with E-state index in [9.17, 15) is 14.0 Å². The molecule has 2 saturated heterocycles. The van der Waals surface area contributed by atoms with Crippen LogP contribution >= 0.6 is 35.0 Å². The second-order valence-electron chi connectivity index (χ2n) is 7.98. The number of nitrogens with zero attached hydrogens (tertiary/aromatic N) is 3. The first-order chi connectivity index (χ1) is 15.3. The predicted molar refractivity (Wildman–Crippen MR) is 127 cm³/mol. The molecule has 0 radical (unpaired) electrons. The van der Waals surface area contributed by atoms with E-state index >= 15 is 0 Å². The maximum absolute atomic E-state index is 13.4. The maximum atomic E-state index is 13.4. The van der Waals surface area contributed by atoms with E-state index in [4.69, 9.17) is 23.2 Å². The number of benzene rings is 2. The van der Waals surface area contributed by atoms with Crippen molar-refractivity contribution in [2.24, 2.45) is 0 Å². The van der Waals surface area contributed by atoms with Gasteiger partial charge >= 0.3 is 0 Å². The first kappa shape index (κ1) is 23.4. The van der Waals surface area contributed by atoms with Gasteiger partial charge < -0.3 is 9.80 Å². The molecule has 2 aromatic carbocycles. The van der Waals surface area contributed by atoms with Crippen LogP contribution in [0.3, 0.4) is 0 Å². The van der Waals surface area contributed by atoms with Crippen LogP contribution in [0.2, 0.25) is 10.0 Å². The number of hydrogen-bond donors (Lipinski definition) is 0. The monoisotopic (exact) mass is 495 g/mol. The lowest BCUT2D eigenvalue weighted by atomic mass is 10.1. The molecule has 9 heteroatoms. The fourth-order valence-corrected chi connectivity index (χ4v) is 5.66. The van der Waals surface area contributed by atoms with Crippen LogP contribution in [0.1, 0.15) is 28.2 Å². The minimum absolute atomic E-state index is 0.0943. The number of carbonyl (C=O) groups is 2. The summed E-state index contributed by atoms with van der Waals surface area (Å²) in [4.78, 5) is 31.3. The zero-order chi connectivity index (χ0) is 22.8. The van der Waals surface area contributed by atoms with Gasteiger partial charge in [-0.1, -0.05) is 35.3 Å². The largest absolute Gasteiger partial charge is 0.336 e. The number of thioether (sulfide) groups is 1. The standard InChI is InChI=1S/C23H24Cl2FN3O2S/c1-15-21(30)29(23(32-15)17-5-6-19(24)20(25)14-17)12-9-27-7-10-28(11-8-27)22(31)16-3-2-4-18(26)13-16/h2-6,13-15,23H,7-12H2,1H3. The van der Waals surface area contributed by atoms with E-state index in [1.807, 2.05) is 24.0 Å². The Kier molecular flexibility index (Phi) is 7.30. The molecule has 2 heterocycles. The zero-order valence-corrected chi connectivity index (χ0v) is 20.0. The molecule has 2 aliphatic heterocycles. The summed E-state index contributed by atoms with van der Waals surface area (Å²) in [7, 11) is 0. The Hall–Kier alpha value is -1.80. The number of halogens is 3. The number of amides is 2. The molecule has 5 nitrogen and oxygen atoms in total. The van der Waals surface area contributed by atoms with E-state index in [2.05, 4.69) is 4.90 Å². The zero-order valence-electron chi connectivity index (χ0n) is 17.6. The number of hydrogen-bond acceptors (Lipinski definition) is 4. The highest BCUT2D eigenvalue weighted by Crippen LogP contribution is 2.43. The number of carbonyl (C=O) groups excluding carboxylic acids is 2. The maximum Gasteiger partial charge on any atom is 0.254 e. The van der Waals surface area contributed by atoms with Crippen LogP contribution in [0.15, 0.2) is 42.5 Å². The molecule has 2 aliphatic rings. The van der Waals surface area contributed by atoms with Gasteiger partial charge in [-0.2, -0.15) is 0 Å². The fourth-order valence-electron chi connectivity index (χ4n) is 4.05. The van der Waals surface area contributed by atoms with E-state index in [0.29, 0.717) is 48.3 Å². The summed E-state index contributed by atoms with van der Waals surface area (Å²) in [5.74, 6) is -0.442. The third kappa shape index (κ3) is 5.06. The third-order valence-electron chi connectivity index (χ3n) is 5.86. The van der Waals surface area contributed by atoms with Gasteiger partial charge in [-0.3, -0.25) is 14.5 Å². The molecule has 0 spiro atoms. The smallest absolute Gasteiger partial charge is 0.254 e. The van der Waals surface area contributed by atoms with Gasteiger partial charge in [-0.05, 0) is 42.8 Å². The molecule has 170 valence electrons. The Balaban J connectivity index is 1.34. The molecule has 0 bridgehead atoms. The number of rotatable bonds is 5. The quantitative estimate of drug-likeness (QED) is 0.609. The van der Waals surface area contributed by atoms with E-state index in [1.54, 1.807) is 34.9 Å². The van der Waals surface area contributed by atoms with Gasteiger partial charge in [0.2, 0.25) is 5.91 Å². The average molecular weight is 496 g/mol. The topological polar surface area (TPSA) is 43.9 Å². The highest BCUT2D eigenvalue weighted by molar-refractivity contribution is 8.01. The van der Waals surface area contributed by atoms with Crippen LogP contribution < -0.4 is 0 Å². The Bertz CT molecular complexity index is 1020. The molecule has 4 rings (SSSR count). The minimum Gasteiger partial charge on any atom is -0.336 e. The van der Waals surface area contributed by atoms with E-state index in [-0.39, 0.29) is 22.4 Å². The van der Waals surface area contributed by atoms with Crippen molar-refractivity contribution in [2.75, 3.05) is 39.3 Å². The normalized spacial score (nSPS) is 21.9. The molecule has 0 saturated carbocycles. The Morgan fingerprint density at radius 2 is 1.81 bits per heavy atom. The van der Waals surface area contributed by atoms with Crippen LogP contribution in [0.5, 0.6) is 0 Å². The second kappa shape index (κ2) is 10.00. The van der Waals surface area contributed by atoms with Crippen molar-refractivity contribution in [1.82, 2.24) is 14.7 Å². The summed E-state index contributed by atoms with van der Waals surface area (Å²) < 4.78 is 13.4. The summed E-state index contributed by atoms with van der Waals surface area (Å²) in [5.41, 5.74) is 1.34. The average Bonchev–Trinajstić information content (AvgIpc) is 3.07. The molecular weight excluding hydrogens is 472 g/mol. The molecule has 0 aromatic heterocycles. The fraction of sp³-hybridized carbons (Fsp3) is 0.391. The molecule has 0 N–H and O–H groups in total.